The highest BCUT2D eigenvalue weighted by atomic mass is 16.5. The number of aliphatic hydroxyl groups excluding tert-OH is 3. The fraction of sp³-hybridized carbons (Fsp3) is 0.286. The molecule has 29 heavy (non-hydrogen) atoms. The van der Waals surface area contributed by atoms with Gasteiger partial charge in [-0.15, -0.1) is 5.11 Å². The predicted octanol–water partition coefficient (Wildman–Crippen LogP) is 3.21. The number of nitrogens with zero attached hydrogens (tertiary/aromatic N) is 2. The summed E-state index contributed by atoms with van der Waals surface area (Å²) in [5.41, 5.74) is 3.21. The van der Waals surface area contributed by atoms with Crippen LogP contribution < -0.4 is 0 Å². The number of aromatic hydroxyl groups is 1. The van der Waals surface area contributed by atoms with Crippen LogP contribution in [0.5, 0.6) is 5.75 Å². The molecule has 0 amide bonds. The molecule has 0 aliphatic carbocycles. The Bertz CT molecular complexity index is 927. The minimum Gasteiger partial charge on any atom is -0.505 e. The van der Waals surface area contributed by atoms with Gasteiger partial charge in [0.05, 0.1) is 25.5 Å². The maximum atomic E-state index is 11.6. The first kappa shape index (κ1) is 22.2. The van der Waals surface area contributed by atoms with Gasteiger partial charge in [0.1, 0.15) is 18.0 Å². The lowest BCUT2D eigenvalue weighted by Gasteiger charge is -2.11. The smallest absolute Gasteiger partial charge is 0.333 e. The van der Waals surface area contributed by atoms with Gasteiger partial charge in [0.2, 0.25) is 0 Å². The van der Waals surface area contributed by atoms with E-state index in [9.17, 15) is 25.2 Å². The summed E-state index contributed by atoms with van der Waals surface area (Å²) in [5.74, 6) is -0.739. The van der Waals surface area contributed by atoms with Crippen molar-refractivity contribution < 1.29 is 30.0 Å². The SMILES string of the molecule is C=C(C)C(=O)OCc1cc(C)cc(/N=N/c2cc(CO)c(CO)c(CO)c2)c1O. The molecule has 8 heteroatoms. The second-order valence-electron chi connectivity index (χ2n) is 6.57. The molecule has 8 nitrogen and oxygen atoms in total. The molecule has 0 aromatic heterocycles. The van der Waals surface area contributed by atoms with E-state index >= 15 is 0 Å². The largest absolute Gasteiger partial charge is 0.505 e. The molecule has 0 saturated heterocycles. The lowest BCUT2D eigenvalue weighted by atomic mass is 10.0. The van der Waals surface area contributed by atoms with Gasteiger partial charge in [-0.2, -0.15) is 5.11 Å². The average molecular weight is 400 g/mol. The Morgan fingerprint density at radius 3 is 2.14 bits per heavy atom. The Labute approximate surface area is 168 Å². The van der Waals surface area contributed by atoms with Gasteiger partial charge in [0.25, 0.3) is 0 Å². The summed E-state index contributed by atoms with van der Waals surface area (Å²) < 4.78 is 5.08. The van der Waals surface area contributed by atoms with Crippen LogP contribution in [0, 0.1) is 6.92 Å². The standard InChI is InChI=1S/C21H24N2O6/c1-12(2)21(28)29-11-16-4-13(3)5-19(20(16)27)23-22-17-6-14(8-24)18(10-26)15(7-17)9-25/h4-7,24-27H,1,8-11H2,2-3H3/b23-22+. The van der Waals surface area contributed by atoms with E-state index in [1.807, 2.05) is 0 Å². The zero-order chi connectivity index (χ0) is 21.6. The molecule has 0 fully saturated rings. The van der Waals surface area contributed by atoms with Crippen LogP contribution in [-0.2, 0) is 36.0 Å². The van der Waals surface area contributed by atoms with Crippen molar-refractivity contribution in [3.05, 3.63) is 64.2 Å². The van der Waals surface area contributed by atoms with Crippen molar-refractivity contribution in [3.8, 4) is 5.75 Å². The zero-order valence-electron chi connectivity index (χ0n) is 16.3. The van der Waals surface area contributed by atoms with Crippen LogP contribution in [-0.4, -0.2) is 26.4 Å². The number of aliphatic hydroxyl groups is 3. The summed E-state index contributed by atoms with van der Waals surface area (Å²) in [6.45, 7) is 5.70. The van der Waals surface area contributed by atoms with Crippen molar-refractivity contribution >= 4 is 17.3 Å². The first-order valence-corrected chi connectivity index (χ1v) is 8.84. The molecular formula is C21H24N2O6. The Balaban J connectivity index is 2.35. The van der Waals surface area contributed by atoms with Gasteiger partial charge in [-0.05, 0) is 60.4 Å². The van der Waals surface area contributed by atoms with Crippen molar-refractivity contribution in [2.45, 2.75) is 40.3 Å². The van der Waals surface area contributed by atoms with E-state index < -0.39 is 5.97 Å². The van der Waals surface area contributed by atoms with E-state index in [2.05, 4.69) is 16.8 Å². The van der Waals surface area contributed by atoms with Crippen molar-refractivity contribution in [1.82, 2.24) is 0 Å². The van der Waals surface area contributed by atoms with Crippen LogP contribution in [0.4, 0.5) is 11.4 Å². The molecule has 0 unspecified atom stereocenters. The molecule has 2 aromatic rings. The maximum Gasteiger partial charge on any atom is 0.333 e. The van der Waals surface area contributed by atoms with Crippen molar-refractivity contribution in [2.24, 2.45) is 10.2 Å². The molecule has 0 heterocycles. The topological polar surface area (TPSA) is 132 Å². The highest BCUT2D eigenvalue weighted by Crippen LogP contribution is 2.34. The van der Waals surface area contributed by atoms with Gasteiger partial charge in [-0.1, -0.05) is 6.58 Å². The molecule has 2 aromatic carbocycles. The average Bonchev–Trinajstić information content (AvgIpc) is 2.71. The van der Waals surface area contributed by atoms with Crippen LogP contribution in [0.15, 0.2) is 46.6 Å². The van der Waals surface area contributed by atoms with E-state index in [1.165, 1.54) is 19.1 Å². The number of carbonyl (C=O) groups excluding carboxylic acids is 1. The van der Waals surface area contributed by atoms with Gasteiger partial charge in [-0.3, -0.25) is 0 Å². The van der Waals surface area contributed by atoms with Gasteiger partial charge in [0.15, 0.2) is 0 Å². The molecular weight excluding hydrogens is 376 g/mol. The second-order valence-corrected chi connectivity index (χ2v) is 6.57. The number of esters is 1. The molecule has 0 aliphatic rings. The van der Waals surface area contributed by atoms with Crippen LogP contribution in [0.3, 0.4) is 0 Å². The Morgan fingerprint density at radius 2 is 1.62 bits per heavy atom. The third-order valence-electron chi connectivity index (χ3n) is 4.21. The Kier molecular flexibility index (Phi) is 7.60. The third kappa shape index (κ3) is 5.47. The summed E-state index contributed by atoms with van der Waals surface area (Å²) in [6, 6.07) is 6.36. The van der Waals surface area contributed by atoms with E-state index in [0.29, 0.717) is 27.9 Å². The number of ether oxygens (including phenoxy) is 1. The number of rotatable bonds is 8. The number of hydrogen-bond acceptors (Lipinski definition) is 8. The summed E-state index contributed by atoms with van der Waals surface area (Å²) in [6.07, 6.45) is 0. The summed E-state index contributed by atoms with van der Waals surface area (Å²) >= 11 is 0. The monoisotopic (exact) mass is 400 g/mol. The predicted molar refractivity (Wildman–Crippen MR) is 106 cm³/mol. The van der Waals surface area contributed by atoms with Crippen LogP contribution >= 0.6 is 0 Å². The highest BCUT2D eigenvalue weighted by Gasteiger charge is 2.13. The van der Waals surface area contributed by atoms with Crippen LogP contribution in [0.2, 0.25) is 0 Å². The van der Waals surface area contributed by atoms with Crippen molar-refractivity contribution in [3.63, 3.8) is 0 Å². The van der Waals surface area contributed by atoms with Crippen LogP contribution in [0.1, 0.15) is 34.7 Å². The minimum atomic E-state index is -0.564. The van der Waals surface area contributed by atoms with E-state index in [1.54, 1.807) is 19.1 Å². The molecule has 0 saturated carbocycles. The van der Waals surface area contributed by atoms with E-state index in [0.717, 1.165) is 5.56 Å². The molecule has 2 rings (SSSR count). The number of hydrogen-bond donors (Lipinski definition) is 4. The van der Waals surface area contributed by atoms with Crippen LogP contribution in [0.25, 0.3) is 0 Å². The first-order chi connectivity index (χ1) is 13.8. The summed E-state index contributed by atoms with van der Waals surface area (Å²) in [7, 11) is 0. The lowest BCUT2D eigenvalue weighted by Crippen LogP contribution is -2.05. The van der Waals surface area contributed by atoms with E-state index in [4.69, 9.17) is 4.74 Å². The van der Waals surface area contributed by atoms with Gasteiger partial charge in [0, 0.05) is 11.1 Å². The number of phenolic OH excluding ortho intramolecular Hbond substituents is 1. The molecule has 4 N–H and O–H groups in total. The molecule has 0 bridgehead atoms. The Hall–Kier alpha value is -3.07. The van der Waals surface area contributed by atoms with Crippen molar-refractivity contribution in [2.75, 3.05) is 0 Å². The maximum absolute atomic E-state index is 11.6. The minimum absolute atomic E-state index is 0.143. The molecule has 0 radical (unpaired) electrons. The summed E-state index contributed by atoms with van der Waals surface area (Å²) in [4.78, 5) is 11.6. The molecule has 0 spiro atoms. The van der Waals surface area contributed by atoms with Gasteiger partial charge >= 0.3 is 5.97 Å². The number of carbonyl (C=O) groups is 1. The lowest BCUT2D eigenvalue weighted by molar-refractivity contribution is -0.140. The normalized spacial score (nSPS) is 11.1. The number of benzene rings is 2. The number of aryl methyl sites for hydroxylation is 1. The zero-order valence-corrected chi connectivity index (χ0v) is 16.3. The third-order valence-corrected chi connectivity index (χ3v) is 4.21. The van der Waals surface area contributed by atoms with Crippen molar-refractivity contribution in [1.29, 1.82) is 0 Å². The fourth-order valence-electron chi connectivity index (χ4n) is 2.72. The Morgan fingerprint density at radius 1 is 1.00 bits per heavy atom. The number of azo groups is 1. The van der Waals surface area contributed by atoms with Gasteiger partial charge in [-0.25, -0.2) is 4.79 Å². The second kappa shape index (κ2) is 9.92. The number of phenols is 1. The molecule has 0 atom stereocenters. The fourth-order valence-corrected chi connectivity index (χ4v) is 2.72. The highest BCUT2D eigenvalue weighted by molar-refractivity contribution is 5.86. The quantitative estimate of drug-likeness (QED) is 0.306. The molecule has 154 valence electrons. The first-order valence-electron chi connectivity index (χ1n) is 8.84. The van der Waals surface area contributed by atoms with Gasteiger partial charge < -0.3 is 25.2 Å². The van der Waals surface area contributed by atoms with E-state index in [-0.39, 0.29) is 43.4 Å². The summed E-state index contributed by atoms with van der Waals surface area (Å²) in [5, 5.41) is 47.0. The molecule has 0 aliphatic heterocycles.